The number of benzene rings is 1. The number of hydrogen-bond acceptors (Lipinski definition) is 2. The quantitative estimate of drug-likeness (QED) is 0.750. The standard InChI is InChI=1S/C19H29N3O2/c1-14-6-8-16(9-7-14)11-21-19(24)22-13-18-5-3-4-17(10-18)12-20-15(2)23/h3-5,10,14,16H,6-9,11-13H2,1-2H3,(H,20,23)(H2,21,22,24). The SMILES string of the molecule is CC(=O)NCc1cccc(CNC(=O)NCC2CCC(C)CC2)c1. The Morgan fingerprint density at radius 1 is 1.00 bits per heavy atom. The summed E-state index contributed by atoms with van der Waals surface area (Å²) in [6.45, 7) is 5.57. The first-order valence-electron chi connectivity index (χ1n) is 8.87. The first-order valence-corrected chi connectivity index (χ1v) is 8.87. The Morgan fingerprint density at radius 3 is 2.25 bits per heavy atom. The number of rotatable bonds is 6. The van der Waals surface area contributed by atoms with E-state index in [0.717, 1.165) is 23.6 Å². The van der Waals surface area contributed by atoms with Crippen LogP contribution >= 0.6 is 0 Å². The van der Waals surface area contributed by atoms with Crippen LogP contribution in [-0.2, 0) is 17.9 Å². The second kappa shape index (κ2) is 9.30. The fourth-order valence-electron chi connectivity index (χ4n) is 3.09. The second-order valence-electron chi connectivity index (χ2n) is 6.92. The van der Waals surface area contributed by atoms with Gasteiger partial charge in [-0.2, -0.15) is 0 Å². The van der Waals surface area contributed by atoms with E-state index in [1.807, 2.05) is 24.3 Å². The summed E-state index contributed by atoms with van der Waals surface area (Å²) in [5.74, 6) is 1.41. The van der Waals surface area contributed by atoms with Crippen LogP contribution < -0.4 is 16.0 Å². The molecule has 1 saturated carbocycles. The van der Waals surface area contributed by atoms with Crippen molar-refractivity contribution < 1.29 is 9.59 Å². The molecule has 0 atom stereocenters. The highest BCUT2D eigenvalue weighted by Gasteiger charge is 2.18. The van der Waals surface area contributed by atoms with Crippen LogP contribution in [0.5, 0.6) is 0 Å². The van der Waals surface area contributed by atoms with E-state index >= 15 is 0 Å². The predicted molar refractivity (Wildman–Crippen MR) is 95.3 cm³/mol. The number of carbonyl (C=O) groups excluding carboxylic acids is 2. The van der Waals surface area contributed by atoms with Crippen molar-refractivity contribution in [3.05, 3.63) is 35.4 Å². The first-order chi connectivity index (χ1) is 11.5. The van der Waals surface area contributed by atoms with Crippen molar-refractivity contribution >= 4 is 11.9 Å². The molecule has 3 N–H and O–H groups in total. The molecule has 1 aliphatic rings. The highest BCUT2D eigenvalue weighted by Crippen LogP contribution is 2.27. The lowest BCUT2D eigenvalue weighted by Gasteiger charge is -2.26. The lowest BCUT2D eigenvalue weighted by Crippen LogP contribution is -2.38. The minimum atomic E-state index is -0.110. The van der Waals surface area contributed by atoms with Gasteiger partial charge in [-0.25, -0.2) is 4.79 Å². The van der Waals surface area contributed by atoms with Gasteiger partial charge in [0.1, 0.15) is 0 Å². The van der Waals surface area contributed by atoms with Crippen molar-refractivity contribution in [2.45, 2.75) is 52.6 Å². The maximum atomic E-state index is 11.9. The molecule has 0 saturated heterocycles. The summed E-state index contributed by atoms with van der Waals surface area (Å²) in [7, 11) is 0. The topological polar surface area (TPSA) is 70.2 Å². The van der Waals surface area contributed by atoms with E-state index in [0.29, 0.717) is 19.0 Å². The summed E-state index contributed by atoms with van der Waals surface area (Å²) in [4.78, 5) is 22.9. The molecule has 3 amide bonds. The van der Waals surface area contributed by atoms with E-state index in [9.17, 15) is 9.59 Å². The molecule has 0 heterocycles. The lowest BCUT2D eigenvalue weighted by molar-refractivity contribution is -0.119. The summed E-state index contributed by atoms with van der Waals surface area (Å²) < 4.78 is 0. The van der Waals surface area contributed by atoms with Crippen LogP contribution in [0.4, 0.5) is 4.79 Å². The predicted octanol–water partition coefficient (Wildman–Crippen LogP) is 2.95. The molecule has 132 valence electrons. The van der Waals surface area contributed by atoms with E-state index in [-0.39, 0.29) is 11.9 Å². The number of nitrogens with one attached hydrogen (secondary N) is 3. The van der Waals surface area contributed by atoms with Gasteiger partial charge in [0.2, 0.25) is 5.91 Å². The normalized spacial score (nSPS) is 20.2. The summed E-state index contributed by atoms with van der Waals surface area (Å²) in [6, 6.07) is 7.76. The van der Waals surface area contributed by atoms with E-state index in [1.165, 1.54) is 32.6 Å². The van der Waals surface area contributed by atoms with Gasteiger partial charge in [0, 0.05) is 26.6 Å². The monoisotopic (exact) mass is 331 g/mol. The minimum Gasteiger partial charge on any atom is -0.352 e. The molecule has 0 radical (unpaired) electrons. The first kappa shape index (κ1) is 18.3. The molecule has 1 aromatic carbocycles. The molecule has 0 spiro atoms. The maximum Gasteiger partial charge on any atom is 0.315 e. The molecular weight excluding hydrogens is 302 g/mol. The molecule has 0 aliphatic heterocycles. The zero-order valence-electron chi connectivity index (χ0n) is 14.7. The van der Waals surface area contributed by atoms with Gasteiger partial charge in [-0.05, 0) is 35.8 Å². The average molecular weight is 331 g/mol. The average Bonchev–Trinajstić information content (AvgIpc) is 2.58. The fraction of sp³-hybridized carbons (Fsp3) is 0.579. The van der Waals surface area contributed by atoms with Crippen LogP contribution in [0, 0.1) is 11.8 Å². The van der Waals surface area contributed by atoms with Crippen LogP contribution in [0.25, 0.3) is 0 Å². The molecule has 5 nitrogen and oxygen atoms in total. The molecule has 1 fully saturated rings. The molecule has 5 heteroatoms. The van der Waals surface area contributed by atoms with Crippen molar-refractivity contribution in [3.63, 3.8) is 0 Å². The Labute approximate surface area is 144 Å². The van der Waals surface area contributed by atoms with Crippen molar-refractivity contribution in [3.8, 4) is 0 Å². The third-order valence-electron chi connectivity index (χ3n) is 4.67. The fourth-order valence-corrected chi connectivity index (χ4v) is 3.09. The van der Waals surface area contributed by atoms with Gasteiger partial charge in [0.25, 0.3) is 0 Å². The van der Waals surface area contributed by atoms with Gasteiger partial charge in [-0.3, -0.25) is 4.79 Å². The Bertz CT molecular complexity index is 551. The summed E-state index contributed by atoms with van der Waals surface area (Å²) in [5.41, 5.74) is 2.06. The van der Waals surface area contributed by atoms with E-state index in [4.69, 9.17) is 0 Å². The number of amides is 3. The molecule has 1 aliphatic carbocycles. The zero-order chi connectivity index (χ0) is 17.4. The molecule has 0 aromatic heterocycles. The number of urea groups is 1. The largest absolute Gasteiger partial charge is 0.352 e. The van der Waals surface area contributed by atoms with Crippen molar-refractivity contribution in [2.75, 3.05) is 6.54 Å². The zero-order valence-corrected chi connectivity index (χ0v) is 14.7. The van der Waals surface area contributed by atoms with Gasteiger partial charge in [0.15, 0.2) is 0 Å². The third kappa shape index (κ3) is 6.60. The van der Waals surface area contributed by atoms with Gasteiger partial charge in [0.05, 0.1) is 0 Å². The Kier molecular flexibility index (Phi) is 7.09. The minimum absolute atomic E-state index is 0.0463. The van der Waals surface area contributed by atoms with Gasteiger partial charge >= 0.3 is 6.03 Å². The molecule has 2 rings (SSSR count). The summed E-state index contributed by atoms with van der Waals surface area (Å²) in [6.07, 6.45) is 4.98. The van der Waals surface area contributed by atoms with Crippen LogP contribution in [0.1, 0.15) is 50.7 Å². The second-order valence-corrected chi connectivity index (χ2v) is 6.92. The smallest absolute Gasteiger partial charge is 0.315 e. The Morgan fingerprint density at radius 2 is 1.62 bits per heavy atom. The van der Waals surface area contributed by atoms with Gasteiger partial charge in [-0.1, -0.05) is 44.0 Å². The Hall–Kier alpha value is -2.04. The van der Waals surface area contributed by atoms with Crippen molar-refractivity contribution in [2.24, 2.45) is 11.8 Å². The molecule has 0 bridgehead atoms. The Balaban J connectivity index is 1.69. The summed E-state index contributed by atoms with van der Waals surface area (Å²) in [5, 5.41) is 8.66. The van der Waals surface area contributed by atoms with Gasteiger partial charge < -0.3 is 16.0 Å². The van der Waals surface area contributed by atoms with E-state index < -0.39 is 0 Å². The lowest BCUT2D eigenvalue weighted by atomic mass is 9.83. The molecular formula is C19H29N3O2. The van der Waals surface area contributed by atoms with Crippen LogP contribution in [-0.4, -0.2) is 18.5 Å². The third-order valence-corrected chi connectivity index (χ3v) is 4.67. The number of carbonyl (C=O) groups is 2. The molecule has 0 unspecified atom stereocenters. The summed E-state index contributed by atoms with van der Waals surface area (Å²) >= 11 is 0. The van der Waals surface area contributed by atoms with Crippen molar-refractivity contribution in [1.82, 2.24) is 16.0 Å². The van der Waals surface area contributed by atoms with Crippen LogP contribution in [0.2, 0.25) is 0 Å². The highest BCUT2D eigenvalue weighted by atomic mass is 16.2. The van der Waals surface area contributed by atoms with Crippen molar-refractivity contribution in [1.29, 1.82) is 0 Å². The molecule has 1 aromatic rings. The van der Waals surface area contributed by atoms with Gasteiger partial charge in [-0.15, -0.1) is 0 Å². The van der Waals surface area contributed by atoms with Crippen LogP contribution in [0.15, 0.2) is 24.3 Å². The van der Waals surface area contributed by atoms with E-state index in [1.54, 1.807) is 0 Å². The highest BCUT2D eigenvalue weighted by molar-refractivity contribution is 5.74. The van der Waals surface area contributed by atoms with E-state index in [2.05, 4.69) is 22.9 Å². The maximum absolute atomic E-state index is 11.9. The van der Waals surface area contributed by atoms with Crippen LogP contribution in [0.3, 0.4) is 0 Å². The molecule has 24 heavy (non-hydrogen) atoms. The number of hydrogen-bond donors (Lipinski definition) is 3.